The van der Waals surface area contributed by atoms with Crippen LogP contribution in [0.1, 0.15) is 107 Å². The number of anilines is 2. The molecule has 2 N–H and O–H groups in total. The van der Waals surface area contributed by atoms with Gasteiger partial charge in [0.25, 0.3) is 0 Å². The average Bonchev–Trinajstić information content (AvgIpc) is 2.86. The van der Waals surface area contributed by atoms with Crippen molar-refractivity contribution < 1.29 is 14.7 Å². The van der Waals surface area contributed by atoms with Crippen LogP contribution in [0.4, 0.5) is 11.4 Å². The molecule has 2 aromatic rings. The highest BCUT2D eigenvalue weighted by Crippen LogP contribution is 2.42. The van der Waals surface area contributed by atoms with Crippen molar-refractivity contribution in [2.24, 2.45) is 5.92 Å². The van der Waals surface area contributed by atoms with Gasteiger partial charge in [-0.25, -0.2) is 0 Å². The number of aromatic hydroxyl groups is 1. The first-order valence-electron chi connectivity index (χ1n) is 15.1. The van der Waals surface area contributed by atoms with Gasteiger partial charge in [-0.3, -0.25) is 9.59 Å². The van der Waals surface area contributed by atoms with Crippen molar-refractivity contribution in [2.45, 2.75) is 117 Å². The number of benzene rings is 2. The second kappa shape index (κ2) is 15.0. The van der Waals surface area contributed by atoms with Gasteiger partial charge >= 0.3 is 0 Å². The van der Waals surface area contributed by atoms with Crippen LogP contribution in [0.3, 0.4) is 0 Å². The van der Waals surface area contributed by atoms with E-state index in [1.165, 1.54) is 0 Å². The van der Waals surface area contributed by atoms with Crippen LogP contribution in [0.5, 0.6) is 5.75 Å². The molecule has 0 saturated carbocycles. The third-order valence-corrected chi connectivity index (χ3v) is 7.87. The van der Waals surface area contributed by atoms with E-state index in [0.29, 0.717) is 5.92 Å². The van der Waals surface area contributed by atoms with E-state index in [1.807, 2.05) is 97.9 Å². The highest BCUT2D eigenvalue weighted by atomic mass is 32.2. The van der Waals surface area contributed by atoms with Crippen molar-refractivity contribution in [3.8, 4) is 5.75 Å². The second-order valence-electron chi connectivity index (χ2n) is 13.5. The summed E-state index contributed by atoms with van der Waals surface area (Å²) in [5.41, 5.74) is 3.70. The monoisotopic (exact) mass is 592 g/mol. The van der Waals surface area contributed by atoms with Crippen molar-refractivity contribution in [1.29, 1.82) is 0 Å². The van der Waals surface area contributed by atoms with Crippen LogP contribution in [0, 0.1) is 5.92 Å². The van der Waals surface area contributed by atoms with Crippen LogP contribution in [0.2, 0.25) is 0 Å². The number of nitrogens with one attached hydrogen (secondary N) is 1. The van der Waals surface area contributed by atoms with E-state index in [0.717, 1.165) is 57.7 Å². The van der Waals surface area contributed by atoms with Crippen LogP contribution in [-0.2, 0) is 20.4 Å². The topological polar surface area (TPSA) is 69.6 Å². The minimum atomic E-state index is -0.302. The Hall–Kier alpha value is -2.99. The highest BCUT2D eigenvalue weighted by Gasteiger charge is 2.29. The summed E-state index contributed by atoms with van der Waals surface area (Å²) < 4.78 is 0. The predicted molar refractivity (Wildman–Crippen MR) is 181 cm³/mol. The molecule has 1 amide bonds. The Labute approximate surface area is 258 Å². The summed E-state index contributed by atoms with van der Waals surface area (Å²) in [6.45, 7) is 22.7. The molecule has 0 aliphatic rings. The number of nitrogens with zero attached hydrogens (tertiary/aromatic N) is 1. The van der Waals surface area contributed by atoms with Crippen molar-refractivity contribution in [1.82, 2.24) is 0 Å². The van der Waals surface area contributed by atoms with Gasteiger partial charge < -0.3 is 15.3 Å². The predicted octanol–water partition coefficient (Wildman–Crippen LogP) is 9.75. The number of hydrogen-bond acceptors (Lipinski definition) is 5. The quantitative estimate of drug-likeness (QED) is 0.154. The maximum absolute atomic E-state index is 13.7. The first kappa shape index (κ1) is 35.2. The Morgan fingerprint density at radius 2 is 1.52 bits per heavy atom. The summed E-state index contributed by atoms with van der Waals surface area (Å²) in [6, 6.07) is 11.5. The molecule has 2 aromatic carbocycles. The molecule has 0 aliphatic carbocycles. The third-order valence-electron chi connectivity index (χ3n) is 7.03. The zero-order valence-corrected chi connectivity index (χ0v) is 28.4. The molecule has 230 valence electrons. The van der Waals surface area contributed by atoms with E-state index < -0.39 is 0 Å². The molecule has 6 heteroatoms. The van der Waals surface area contributed by atoms with Gasteiger partial charge in [0, 0.05) is 39.1 Å². The number of thioether (sulfide) groups is 1. The Kier molecular flexibility index (Phi) is 12.5. The number of carbonyl (C=O) groups is 2. The molecule has 0 bridgehead atoms. The van der Waals surface area contributed by atoms with E-state index in [1.54, 1.807) is 4.90 Å². The van der Waals surface area contributed by atoms with Gasteiger partial charge in [-0.2, -0.15) is 0 Å². The number of rotatable bonds is 11. The second-order valence-corrected chi connectivity index (χ2v) is 14.6. The number of amides is 1. The van der Waals surface area contributed by atoms with Gasteiger partial charge in [-0.05, 0) is 85.9 Å². The summed E-state index contributed by atoms with van der Waals surface area (Å²) >= 11 is 1.08. The molecule has 1 atom stereocenters. The number of phenols is 1. The fourth-order valence-electron chi connectivity index (χ4n) is 4.95. The SMILES string of the molecule is C/C=C(\C=C/CC)Nc1ccc(N(C(=O)CC(=O)Sc2cc(C(C)(C)C)c(O)c(C(C)(C)C)c2)C(C)CC(C)C)cc1. The summed E-state index contributed by atoms with van der Waals surface area (Å²) in [5.74, 6) is 0.456. The summed E-state index contributed by atoms with van der Waals surface area (Å²) in [7, 11) is 0. The smallest absolute Gasteiger partial charge is 0.235 e. The number of carbonyl (C=O) groups excluding carboxylic acids is 2. The molecule has 0 heterocycles. The van der Waals surface area contributed by atoms with Gasteiger partial charge in [0.15, 0.2) is 0 Å². The molecular weight excluding hydrogens is 540 g/mol. The van der Waals surface area contributed by atoms with Crippen LogP contribution in [0.15, 0.2) is 65.2 Å². The molecule has 0 aromatic heterocycles. The molecule has 0 spiro atoms. The standard InChI is InChI=1S/C36H52N2O3S/c1-12-14-15-26(13-2)37-27-16-18-28(19-17-27)38(25(5)20-24(3)4)32(39)23-33(40)42-29-21-30(35(6,7)8)34(41)31(22-29)36(9,10)11/h13-19,21-22,24-25,37,41H,12,20,23H2,1-11H3/b15-14-,26-13+. The molecule has 0 saturated heterocycles. The Balaban J connectivity index is 2.33. The summed E-state index contributed by atoms with van der Waals surface area (Å²) in [5, 5.41) is 14.2. The van der Waals surface area contributed by atoms with E-state index >= 15 is 0 Å². The minimum Gasteiger partial charge on any atom is -0.507 e. The summed E-state index contributed by atoms with van der Waals surface area (Å²) in [6.07, 6.45) is 7.75. The molecule has 0 fully saturated rings. The lowest BCUT2D eigenvalue weighted by Gasteiger charge is -2.31. The van der Waals surface area contributed by atoms with Crippen LogP contribution in [-0.4, -0.2) is 22.2 Å². The van der Waals surface area contributed by atoms with Crippen molar-refractivity contribution in [2.75, 3.05) is 10.2 Å². The number of hydrogen-bond donors (Lipinski definition) is 2. The van der Waals surface area contributed by atoms with Crippen LogP contribution < -0.4 is 10.2 Å². The zero-order chi connectivity index (χ0) is 31.8. The van der Waals surface area contributed by atoms with Crippen LogP contribution in [0.25, 0.3) is 0 Å². The first-order chi connectivity index (χ1) is 19.5. The Bertz CT molecular complexity index is 1240. The van der Waals surface area contributed by atoms with Gasteiger partial charge in [0.05, 0.1) is 6.42 Å². The molecule has 0 radical (unpaired) electrons. The molecule has 5 nitrogen and oxygen atoms in total. The number of allylic oxidation sites excluding steroid dienone is 3. The van der Waals surface area contributed by atoms with Gasteiger partial charge in [-0.15, -0.1) is 0 Å². The zero-order valence-electron chi connectivity index (χ0n) is 27.6. The maximum Gasteiger partial charge on any atom is 0.235 e. The lowest BCUT2D eigenvalue weighted by atomic mass is 9.79. The van der Waals surface area contributed by atoms with E-state index in [2.05, 4.69) is 38.2 Å². The fraction of sp³-hybridized carbons (Fsp3) is 0.500. The Morgan fingerprint density at radius 3 is 1.98 bits per heavy atom. The molecule has 42 heavy (non-hydrogen) atoms. The molecule has 1 unspecified atom stereocenters. The third kappa shape index (κ3) is 10.1. The van der Waals surface area contributed by atoms with E-state index in [-0.39, 0.29) is 40.1 Å². The first-order valence-corrected chi connectivity index (χ1v) is 15.9. The normalized spacial score (nSPS) is 13.5. The van der Waals surface area contributed by atoms with E-state index in [4.69, 9.17) is 0 Å². The average molecular weight is 593 g/mol. The van der Waals surface area contributed by atoms with Crippen molar-refractivity contribution in [3.63, 3.8) is 0 Å². The van der Waals surface area contributed by atoms with Gasteiger partial charge in [0.1, 0.15) is 5.75 Å². The molecule has 2 rings (SSSR count). The minimum absolute atomic E-state index is 0.0682. The molecular formula is C36H52N2O3S. The Morgan fingerprint density at radius 1 is 0.976 bits per heavy atom. The van der Waals surface area contributed by atoms with Crippen LogP contribution >= 0.6 is 11.8 Å². The van der Waals surface area contributed by atoms with Gasteiger partial charge in [-0.1, -0.05) is 86.2 Å². The lowest BCUT2D eigenvalue weighted by Crippen LogP contribution is -2.40. The van der Waals surface area contributed by atoms with Crippen molar-refractivity contribution >= 4 is 34.2 Å². The lowest BCUT2D eigenvalue weighted by molar-refractivity contribution is -0.123. The summed E-state index contributed by atoms with van der Waals surface area (Å²) in [4.78, 5) is 29.6. The maximum atomic E-state index is 13.7. The highest BCUT2D eigenvalue weighted by molar-refractivity contribution is 8.13. The van der Waals surface area contributed by atoms with E-state index in [9.17, 15) is 14.7 Å². The number of phenolic OH excluding ortho intramolecular Hbond substituents is 1. The van der Waals surface area contributed by atoms with Crippen molar-refractivity contribution in [3.05, 3.63) is 71.5 Å². The fourth-order valence-corrected chi connectivity index (χ4v) is 5.76. The molecule has 0 aliphatic heterocycles. The largest absolute Gasteiger partial charge is 0.507 e. The van der Waals surface area contributed by atoms with Gasteiger partial charge in [0.2, 0.25) is 11.0 Å².